The zero-order valence-corrected chi connectivity index (χ0v) is 16.9. The van der Waals surface area contributed by atoms with Crippen LogP contribution in [0.5, 0.6) is 5.75 Å². The highest BCUT2D eigenvalue weighted by Crippen LogP contribution is 2.25. The van der Waals surface area contributed by atoms with E-state index < -0.39 is 17.2 Å². The summed E-state index contributed by atoms with van der Waals surface area (Å²) in [6.45, 7) is 6.07. The number of halogens is 4. The summed E-state index contributed by atoms with van der Waals surface area (Å²) in [6.07, 6.45) is 2.13. The van der Waals surface area contributed by atoms with E-state index in [1.54, 1.807) is 26.1 Å². The van der Waals surface area contributed by atoms with Gasteiger partial charge < -0.3 is 4.74 Å². The molecule has 0 atom stereocenters. The molecule has 0 spiro atoms. The molecule has 0 aliphatic heterocycles. The third-order valence-corrected chi connectivity index (χ3v) is 4.33. The third kappa shape index (κ3) is 4.85. The van der Waals surface area contributed by atoms with E-state index in [9.17, 15) is 13.6 Å². The highest BCUT2D eigenvalue weighted by molar-refractivity contribution is 6.32. The number of hydrogen-bond donors (Lipinski definition) is 0. The average molecular weight is 428 g/mol. The van der Waals surface area contributed by atoms with E-state index in [1.807, 2.05) is 0 Å². The molecule has 0 aromatic carbocycles. The lowest BCUT2D eigenvalue weighted by Gasteiger charge is -2.16. The molecule has 0 amide bonds. The molecule has 0 unspecified atom stereocenters. The predicted octanol–water partition coefficient (Wildman–Crippen LogP) is 4.94. The van der Waals surface area contributed by atoms with Crippen LogP contribution in [0.2, 0.25) is 10.2 Å². The van der Waals surface area contributed by atoms with Crippen molar-refractivity contribution in [2.24, 2.45) is 4.99 Å². The number of rotatable bonds is 6. The first-order chi connectivity index (χ1) is 13.1. The van der Waals surface area contributed by atoms with E-state index in [0.717, 1.165) is 5.56 Å². The van der Waals surface area contributed by atoms with Gasteiger partial charge in [0.05, 0.1) is 5.69 Å². The van der Waals surface area contributed by atoms with Gasteiger partial charge in [-0.15, -0.1) is 0 Å². The maximum atomic E-state index is 13.9. The molecule has 0 aliphatic carbocycles. The number of aromatic nitrogens is 2. The Morgan fingerprint density at radius 2 is 2.04 bits per heavy atom. The molecule has 2 heterocycles. The predicted molar refractivity (Wildman–Crippen MR) is 108 cm³/mol. The number of aryl methyl sites for hydroxylation is 2. The molecule has 0 saturated carbocycles. The van der Waals surface area contributed by atoms with Crippen molar-refractivity contribution in [3.8, 4) is 11.4 Å². The monoisotopic (exact) mass is 427 g/mol. The van der Waals surface area contributed by atoms with Gasteiger partial charge in [-0.2, -0.15) is 0 Å². The Balaban J connectivity index is 2.41. The molecule has 5 nitrogen and oxygen atoms in total. The van der Waals surface area contributed by atoms with E-state index in [-0.39, 0.29) is 28.2 Å². The summed E-state index contributed by atoms with van der Waals surface area (Å²) in [6, 6.07) is 3.08. The smallest absolute Gasteiger partial charge is 0.277 e. The third-order valence-electron chi connectivity index (χ3n) is 3.78. The van der Waals surface area contributed by atoms with Crippen molar-refractivity contribution in [2.45, 2.75) is 13.8 Å². The molecular formula is C19H17Cl2F2N3O2. The van der Waals surface area contributed by atoms with Gasteiger partial charge >= 0.3 is 0 Å². The minimum Gasteiger partial charge on any atom is -0.485 e. The average Bonchev–Trinajstić information content (AvgIpc) is 2.62. The van der Waals surface area contributed by atoms with E-state index >= 15 is 0 Å². The molecule has 0 aliphatic rings. The largest absolute Gasteiger partial charge is 0.485 e. The maximum absolute atomic E-state index is 13.9. The molecule has 0 N–H and O–H groups in total. The second-order valence-electron chi connectivity index (χ2n) is 5.80. The number of allylic oxidation sites excluding steroid dienone is 2. The fourth-order valence-corrected chi connectivity index (χ4v) is 2.77. The van der Waals surface area contributed by atoms with Gasteiger partial charge in [0.25, 0.3) is 5.56 Å². The molecule has 0 radical (unpaired) electrons. The summed E-state index contributed by atoms with van der Waals surface area (Å²) < 4.78 is 33.5. The summed E-state index contributed by atoms with van der Waals surface area (Å²) in [5.74, 6) is -1.84. The lowest BCUT2D eigenvalue weighted by molar-refractivity contribution is 0.372. The van der Waals surface area contributed by atoms with E-state index in [4.69, 9.17) is 27.9 Å². The Hall–Kier alpha value is -2.51. The SMILES string of the molecule is C=C(F)/C=C(/F)C(COc1cc(C)n(-c2cc(Cl)ncc2C)c(=O)c1Cl)=NC. The summed E-state index contributed by atoms with van der Waals surface area (Å²) in [5.41, 5.74) is 1.07. The Morgan fingerprint density at radius 1 is 1.36 bits per heavy atom. The molecular weight excluding hydrogens is 411 g/mol. The van der Waals surface area contributed by atoms with E-state index in [0.29, 0.717) is 17.5 Å². The fraction of sp³-hybridized carbons (Fsp3) is 0.211. The molecule has 2 aromatic heterocycles. The summed E-state index contributed by atoms with van der Waals surface area (Å²) >= 11 is 12.1. The van der Waals surface area contributed by atoms with Crippen LogP contribution in [0.1, 0.15) is 11.3 Å². The van der Waals surface area contributed by atoms with Gasteiger partial charge in [0.1, 0.15) is 34.1 Å². The molecule has 0 saturated heterocycles. The summed E-state index contributed by atoms with van der Waals surface area (Å²) in [4.78, 5) is 20.5. The van der Waals surface area contributed by atoms with Crippen molar-refractivity contribution in [3.63, 3.8) is 0 Å². The first-order valence-electron chi connectivity index (χ1n) is 8.00. The quantitative estimate of drug-likeness (QED) is 0.372. The Kier molecular flexibility index (Phi) is 7.10. The van der Waals surface area contributed by atoms with E-state index in [1.165, 1.54) is 17.7 Å². The minimum absolute atomic E-state index is 0.0475. The highest BCUT2D eigenvalue weighted by Gasteiger charge is 2.17. The van der Waals surface area contributed by atoms with Crippen molar-refractivity contribution in [1.29, 1.82) is 0 Å². The minimum atomic E-state index is -0.957. The van der Waals surface area contributed by atoms with Crippen LogP contribution in [-0.2, 0) is 0 Å². The zero-order chi connectivity index (χ0) is 21.0. The summed E-state index contributed by atoms with van der Waals surface area (Å²) in [7, 11) is 1.33. The van der Waals surface area contributed by atoms with Crippen molar-refractivity contribution in [1.82, 2.24) is 9.55 Å². The van der Waals surface area contributed by atoms with Crippen LogP contribution in [0, 0.1) is 13.8 Å². The Bertz CT molecular complexity index is 1050. The number of hydrogen-bond acceptors (Lipinski definition) is 4. The van der Waals surface area contributed by atoms with Crippen LogP contribution in [0.3, 0.4) is 0 Å². The van der Waals surface area contributed by atoms with Crippen LogP contribution in [0.15, 0.2) is 52.4 Å². The van der Waals surface area contributed by atoms with Gasteiger partial charge in [-0.3, -0.25) is 14.4 Å². The maximum Gasteiger partial charge on any atom is 0.277 e. The molecule has 2 rings (SSSR count). The standard InChI is InChI=1S/C19H17Cl2F2N3O2/c1-10-8-25-17(20)7-15(10)26-12(3)6-16(18(21)19(26)27)28-9-14(24-4)13(23)5-11(2)22/h5-8H,2,9H2,1,3-4H3/b13-5+,24-14?. The van der Waals surface area contributed by atoms with Gasteiger partial charge in [-0.05, 0) is 25.5 Å². The second-order valence-corrected chi connectivity index (χ2v) is 6.56. The van der Waals surface area contributed by atoms with Crippen LogP contribution >= 0.6 is 23.2 Å². The van der Waals surface area contributed by atoms with Crippen molar-refractivity contribution >= 4 is 28.9 Å². The van der Waals surface area contributed by atoms with Crippen molar-refractivity contribution < 1.29 is 13.5 Å². The zero-order valence-electron chi connectivity index (χ0n) is 15.4. The molecule has 148 valence electrons. The first-order valence-corrected chi connectivity index (χ1v) is 8.76. The Labute approximate surface area is 170 Å². The number of nitrogens with zero attached hydrogens (tertiary/aromatic N) is 3. The van der Waals surface area contributed by atoms with Gasteiger partial charge in [-0.25, -0.2) is 13.8 Å². The normalized spacial score (nSPS) is 12.2. The van der Waals surface area contributed by atoms with Crippen molar-refractivity contribution in [2.75, 3.05) is 13.7 Å². The van der Waals surface area contributed by atoms with Crippen LogP contribution in [-0.4, -0.2) is 28.9 Å². The van der Waals surface area contributed by atoms with Gasteiger partial charge in [0.15, 0.2) is 5.83 Å². The number of aliphatic imine (C=N–C) groups is 1. The number of ether oxygens (including phenoxy) is 1. The molecule has 28 heavy (non-hydrogen) atoms. The Morgan fingerprint density at radius 3 is 2.64 bits per heavy atom. The van der Waals surface area contributed by atoms with Crippen LogP contribution in [0.25, 0.3) is 5.69 Å². The van der Waals surface area contributed by atoms with Gasteiger partial charge in [-0.1, -0.05) is 29.8 Å². The van der Waals surface area contributed by atoms with Gasteiger partial charge in [0, 0.05) is 31.1 Å². The summed E-state index contributed by atoms with van der Waals surface area (Å²) in [5, 5.41) is 0.0246. The van der Waals surface area contributed by atoms with E-state index in [2.05, 4.69) is 16.6 Å². The van der Waals surface area contributed by atoms with Crippen molar-refractivity contribution in [3.05, 3.63) is 74.4 Å². The molecule has 0 fully saturated rings. The van der Waals surface area contributed by atoms with Crippen LogP contribution in [0.4, 0.5) is 8.78 Å². The van der Waals surface area contributed by atoms with Crippen LogP contribution < -0.4 is 10.3 Å². The first kappa shape index (κ1) is 21.8. The lowest BCUT2D eigenvalue weighted by Crippen LogP contribution is -2.23. The fourth-order valence-electron chi connectivity index (χ4n) is 2.42. The highest BCUT2D eigenvalue weighted by atomic mass is 35.5. The number of pyridine rings is 2. The molecule has 0 bridgehead atoms. The topological polar surface area (TPSA) is 56.5 Å². The second kappa shape index (κ2) is 9.12. The molecule has 2 aromatic rings. The van der Waals surface area contributed by atoms with Gasteiger partial charge in [0.2, 0.25) is 0 Å². The lowest BCUT2D eigenvalue weighted by atomic mass is 10.2. The molecule has 9 heteroatoms.